The number of nitrogens with zero attached hydrogens (tertiary/aromatic N) is 3. The number of thiazole rings is 1. The Bertz CT molecular complexity index is 676. The first-order chi connectivity index (χ1) is 11.7. The first-order valence-electron chi connectivity index (χ1n) is 8.23. The van der Waals surface area contributed by atoms with Crippen molar-refractivity contribution in [1.82, 2.24) is 9.88 Å². The molecule has 0 radical (unpaired) electrons. The van der Waals surface area contributed by atoms with Crippen LogP contribution < -0.4 is 9.64 Å². The van der Waals surface area contributed by atoms with E-state index < -0.39 is 0 Å². The molecule has 0 atom stereocenters. The molecule has 0 aliphatic carbocycles. The second-order valence-electron chi connectivity index (χ2n) is 5.92. The Morgan fingerprint density at radius 3 is 2.50 bits per heavy atom. The van der Waals surface area contributed by atoms with Gasteiger partial charge in [0.1, 0.15) is 5.75 Å². The summed E-state index contributed by atoms with van der Waals surface area (Å²) in [5.41, 5.74) is 2.21. The highest BCUT2D eigenvalue weighted by atomic mass is 32.1. The van der Waals surface area contributed by atoms with Gasteiger partial charge in [-0.3, -0.25) is 4.79 Å². The van der Waals surface area contributed by atoms with Gasteiger partial charge in [-0.1, -0.05) is 0 Å². The predicted molar refractivity (Wildman–Crippen MR) is 97.0 cm³/mol. The highest BCUT2D eigenvalue weighted by Crippen LogP contribution is 2.21. The lowest BCUT2D eigenvalue weighted by Crippen LogP contribution is -2.48. The van der Waals surface area contributed by atoms with Crippen LogP contribution >= 0.6 is 11.3 Å². The van der Waals surface area contributed by atoms with Crippen LogP contribution in [-0.4, -0.2) is 49.1 Å². The third-order valence-corrected chi connectivity index (χ3v) is 5.15. The number of aromatic nitrogens is 1. The van der Waals surface area contributed by atoms with E-state index in [2.05, 4.69) is 22.0 Å². The summed E-state index contributed by atoms with van der Waals surface area (Å²) in [5.74, 6) is 1.10. The third-order valence-electron chi connectivity index (χ3n) is 4.33. The fourth-order valence-electron chi connectivity index (χ4n) is 2.92. The Kier molecular flexibility index (Phi) is 5.35. The first-order valence-corrected chi connectivity index (χ1v) is 9.11. The largest absolute Gasteiger partial charge is 0.497 e. The molecule has 0 spiro atoms. The molecule has 1 aliphatic heterocycles. The molecule has 2 heterocycles. The molecule has 0 unspecified atom stereocenters. The molecular formula is C18H23N3O2S. The molecule has 1 fully saturated rings. The summed E-state index contributed by atoms with van der Waals surface area (Å²) in [7, 11) is 1.67. The number of rotatable bonds is 5. The number of carbonyl (C=O) groups excluding carboxylic acids is 1. The summed E-state index contributed by atoms with van der Waals surface area (Å²) < 4.78 is 5.19. The smallest absolute Gasteiger partial charge is 0.223 e. The standard InChI is InChI=1S/C18H23N3O2S/c1-14-19-15(13-24-14)3-8-18(22)21-11-9-20(10-12-21)16-4-6-17(23-2)7-5-16/h4-7,13H,3,8-12H2,1-2H3. The quantitative estimate of drug-likeness (QED) is 0.836. The van der Waals surface area contributed by atoms with Gasteiger partial charge in [-0.2, -0.15) is 0 Å². The van der Waals surface area contributed by atoms with E-state index in [1.165, 1.54) is 5.69 Å². The van der Waals surface area contributed by atoms with E-state index in [0.29, 0.717) is 6.42 Å². The lowest BCUT2D eigenvalue weighted by Gasteiger charge is -2.36. The van der Waals surface area contributed by atoms with E-state index in [1.807, 2.05) is 29.3 Å². The minimum absolute atomic E-state index is 0.232. The second kappa shape index (κ2) is 7.66. The number of benzene rings is 1. The van der Waals surface area contributed by atoms with E-state index in [0.717, 1.165) is 49.1 Å². The number of aryl methyl sites for hydroxylation is 2. The number of hydrogen-bond acceptors (Lipinski definition) is 5. The molecule has 3 rings (SSSR count). The Labute approximate surface area is 146 Å². The molecule has 6 heteroatoms. The van der Waals surface area contributed by atoms with Gasteiger partial charge in [-0.15, -0.1) is 11.3 Å². The molecule has 1 saturated heterocycles. The second-order valence-corrected chi connectivity index (χ2v) is 6.99. The van der Waals surface area contributed by atoms with Crippen molar-refractivity contribution in [1.29, 1.82) is 0 Å². The number of ether oxygens (including phenoxy) is 1. The topological polar surface area (TPSA) is 45.7 Å². The molecular weight excluding hydrogens is 322 g/mol. The minimum Gasteiger partial charge on any atom is -0.497 e. The van der Waals surface area contributed by atoms with Crippen molar-refractivity contribution in [3.8, 4) is 5.75 Å². The van der Waals surface area contributed by atoms with E-state index in [1.54, 1.807) is 18.4 Å². The normalized spacial score (nSPS) is 14.8. The van der Waals surface area contributed by atoms with Gasteiger partial charge in [0.05, 0.1) is 17.8 Å². The van der Waals surface area contributed by atoms with Crippen LogP contribution in [0.2, 0.25) is 0 Å². The van der Waals surface area contributed by atoms with Crippen LogP contribution in [0.3, 0.4) is 0 Å². The van der Waals surface area contributed by atoms with Crippen molar-refractivity contribution in [2.45, 2.75) is 19.8 Å². The van der Waals surface area contributed by atoms with Crippen LogP contribution in [0.25, 0.3) is 0 Å². The van der Waals surface area contributed by atoms with E-state index >= 15 is 0 Å². The van der Waals surface area contributed by atoms with Gasteiger partial charge in [0.15, 0.2) is 0 Å². The summed E-state index contributed by atoms with van der Waals surface area (Å²) in [6.45, 7) is 5.29. The Balaban J connectivity index is 1.47. The van der Waals surface area contributed by atoms with Crippen molar-refractivity contribution in [3.63, 3.8) is 0 Å². The Morgan fingerprint density at radius 1 is 1.21 bits per heavy atom. The van der Waals surface area contributed by atoms with Crippen molar-refractivity contribution in [2.24, 2.45) is 0 Å². The number of amides is 1. The highest BCUT2D eigenvalue weighted by molar-refractivity contribution is 7.09. The summed E-state index contributed by atoms with van der Waals surface area (Å²) in [6, 6.07) is 8.09. The third kappa shape index (κ3) is 4.06. The van der Waals surface area contributed by atoms with Crippen LogP contribution in [0.1, 0.15) is 17.1 Å². The molecule has 0 N–H and O–H groups in total. The average Bonchev–Trinajstić information content (AvgIpc) is 3.05. The van der Waals surface area contributed by atoms with Crippen molar-refractivity contribution in [3.05, 3.63) is 40.3 Å². The van der Waals surface area contributed by atoms with Crippen LogP contribution in [0.4, 0.5) is 5.69 Å². The molecule has 128 valence electrons. The number of piperazine rings is 1. The molecule has 5 nitrogen and oxygen atoms in total. The van der Waals surface area contributed by atoms with Crippen LogP contribution in [0.5, 0.6) is 5.75 Å². The lowest BCUT2D eigenvalue weighted by molar-refractivity contribution is -0.131. The zero-order valence-corrected chi connectivity index (χ0v) is 15.0. The zero-order valence-electron chi connectivity index (χ0n) is 14.2. The molecule has 1 aliphatic rings. The Morgan fingerprint density at radius 2 is 1.92 bits per heavy atom. The summed E-state index contributed by atoms with van der Waals surface area (Å²) >= 11 is 1.64. The molecule has 2 aromatic rings. The first kappa shape index (κ1) is 16.8. The van der Waals surface area contributed by atoms with E-state index in [4.69, 9.17) is 4.74 Å². The number of hydrogen-bond donors (Lipinski definition) is 0. The maximum absolute atomic E-state index is 12.4. The maximum atomic E-state index is 12.4. The highest BCUT2D eigenvalue weighted by Gasteiger charge is 2.21. The molecule has 0 saturated carbocycles. The van der Waals surface area contributed by atoms with Gasteiger partial charge in [-0.05, 0) is 37.6 Å². The van der Waals surface area contributed by atoms with Gasteiger partial charge >= 0.3 is 0 Å². The van der Waals surface area contributed by atoms with E-state index in [-0.39, 0.29) is 5.91 Å². The molecule has 1 aromatic heterocycles. The van der Waals surface area contributed by atoms with Gasteiger partial charge in [0.25, 0.3) is 0 Å². The average molecular weight is 345 g/mol. The van der Waals surface area contributed by atoms with Gasteiger partial charge in [0.2, 0.25) is 5.91 Å². The van der Waals surface area contributed by atoms with Gasteiger partial charge in [0, 0.05) is 43.7 Å². The summed E-state index contributed by atoms with van der Waals surface area (Å²) in [5, 5.41) is 3.11. The number of anilines is 1. The van der Waals surface area contributed by atoms with Crippen molar-refractivity contribution >= 4 is 22.9 Å². The fraction of sp³-hybridized carbons (Fsp3) is 0.444. The zero-order chi connectivity index (χ0) is 16.9. The van der Waals surface area contributed by atoms with Crippen molar-refractivity contribution in [2.75, 3.05) is 38.2 Å². The SMILES string of the molecule is COc1ccc(N2CCN(C(=O)CCc3csc(C)n3)CC2)cc1. The molecule has 0 bridgehead atoms. The minimum atomic E-state index is 0.232. The summed E-state index contributed by atoms with van der Waals surface area (Å²) in [6.07, 6.45) is 1.29. The predicted octanol–water partition coefficient (Wildman–Crippen LogP) is 2.74. The number of methoxy groups -OCH3 is 1. The monoisotopic (exact) mass is 345 g/mol. The van der Waals surface area contributed by atoms with Gasteiger partial charge < -0.3 is 14.5 Å². The van der Waals surface area contributed by atoms with Crippen LogP contribution in [-0.2, 0) is 11.2 Å². The molecule has 24 heavy (non-hydrogen) atoms. The summed E-state index contributed by atoms with van der Waals surface area (Å²) in [4.78, 5) is 21.1. The Hall–Kier alpha value is -2.08. The van der Waals surface area contributed by atoms with E-state index in [9.17, 15) is 4.79 Å². The molecule has 1 aromatic carbocycles. The fourth-order valence-corrected chi connectivity index (χ4v) is 3.57. The van der Waals surface area contributed by atoms with Crippen LogP contribution in [0.15, 0.2) is 29.6 Å². The number of carbonyl (C=O) groups is 1. The van der Waals surface area contributed by atoms with Gasteiger partial charge in [-0.25, -0.2) is 4.98 Å². The maximum Gasteiger partial charge on any atom is 0.223 e. The van der Waals surface area contributed by atoms with Crippen molar-refractivity contribution < 1.29 is 9.53 Å². The lowest BCUT2D eigenvalue weighted by atomic mass is 10.2. The van der Waals surface area contributed by atoms with Crippen LogP contribution in [0, 0.1) is 6.92 Å². The molecule has 1 amide bonds.